The fourth-order valence-electron chi connectivity index (χ4n) is 3.01. The molecule has 0 saturated heterocycles. The summed E-state index contributed by atoms with van der Waals surface area (Å²) in [4.78, 5) is 23.5. The molecule has 5 nitrogen and oxygen atoms in total. The summed E-state index contributed by atoms with van der Waals surface area (Å²) < 4.78 is 0. The Hall–Kier alpha value is -3.21. The number of aryl methyl sites for hydroxylation is 1. The molecular formula is C23H26N4O. The van der Waals surface area contributed by atoms with E-state index in [-0.39, 0.29) is 11.9 Å². The van der Waals surface area contributed by atoms with Crippen LogP contribution in [-0.2, 0) is 13.0 Å². The molecule has 28 heavy (non-hydrogen) atoms. The number of nitrogens with zero attached hydrogens (tertiary/aromatic N) is 3. The Morgan fingerprint density at radius 1 is 1.00 bits per heavy atom. The van der Waals surface area contributed by atoms with Gasteiger partial charge in [-0.1, -0.05) is 55.5 Å². The number of anilines is 2. The zero-order valence-electron chi connectivity index (χ0n) is 16.6. The molecule has 0 spiro atoms. The van der Waals surface area contributed by atoms with E-state index in [1.165, 1.54) is 5.56 Å². The summed E-state index contributed by atoms with van der Waals surface area (Å²) in [5, 5.41) is 3.23. The summed E-state index contributed by atoms with van der Waals surface area (Å²) >= 11 is 0. The third-order valence-electron chi connectivity index (χ3n) is 4.62. The van der Waals surface area contributed by atoms with Gasteiger partial charge in [0.1, 0.15) is 0 Å². The molecule has 1 N–H and O–H groups in total. The molecule has 0 aliphatic heterocycles. The summed E-state index contributed by atoms with van der Waals surface area (Å²) in [7, 11) is 0. The molecule has 0 bridgehead atoms. The normalized spacial score (nSPS) is 10.7. The van der Waals surface area contributed by atoms with E-state index >= 15 is 0 Å². The fraction of sp³-hybridized carbons (Fsp3) is 0.261. The third-order valence-corrected chi connectivity index (χ3v) is 4.62. The van der Waals surface area contributed by atoms with Crippen molar-refractivity contribution in [2.75, 3.05) is 5.32 Å². The first-order chi connectivity index (χ1) is 13.6. The van der Waals surface area contributed by atoms with Crippen molar-refractivity contribution in [3.8, 4) is 0 Å². The number of rotatable bonds is 7. The molecule has 144 valence electrons. The molecule has 1 heterocycles. The molecule has 1 aromatic heterocycles. The van der Waals surface area contributed by atoms with Gasteiger partial charge in [-0.3, -0.25) is 4.79 Å². The molecule has 0 saturated carbocycles. The van der Waals surface area contributed by atoms with Crippen LogP contribution in [0.5, 0.6) is 0 Å². The Morgan fingerprint density at radius 3 is 2.29 bits per heavy atom. The molecular weight excluding hydrogens is 348 g/mol. The van der Waals surface area contributed by atoms with E-state index in [1.807, 2.05) is 67.3 Å². The van der Waals surface area contributed by atoms with Crippen molar-refractivity contribution in [1.29, 1.82) is 0 Å². The Labute approximate surface area is 166 Å². The minimum atomic E-state index is -0.0700. The van der Waals surface area contributed by atoms with Gasteiger partial charge < -0.3 is 10.2 Å². The highest BCUT2D eigenvalue weighted by Gasteiger charge is 2.20. The third kappa shape index (κ3) is 4.74. The molecule has 0 fully saturated rings. The van der Waals surface area contributed by atoms with Crippen molar-refractivity contribution in [2.24, 2.45) is 0 Å². The number of hydrogen-bond acceptors (Lipinski definition) is 4. The number of carbonyl (C=O) groups excluding carboxylic acids is 1. The topological polar surface area (TPSA) is 58.1 Å². The zero-order valence-corrected chi connectivity index (χ0v) is 16.6. The van der Waals surface area contributed by atoms with Gasteiger partial charge in [-0.05, 0) is 37.5 Å². The number of aromatic nitrogens is 2. The lowest BCUT2D eigenvalue weighted by molar-refractivity contribution is 0.0689. The van der Waals surface area contributed by atoms with Crippen LogP contribution in [-0.4, -0.2) is 26.8 Å². The van der Waals surface area contributed by atoms with E-state index in [1.54, 1.807) is 12.4 Å². The summed E-state index contributed by atoms with van der Waals surface area (Å²) in [5.41, 5.74) is 3.76. The summed E-state index contributed by atoms with van der Waals surface area (Å²) in [5.74, 6) is 0.413. The van der Waals surface area contributed by atoms with Crippen LogP contribution in [0.15, 0.2) is 67.0 Å². The van der Waals surface area contributed by atoms with Crippen molar-refractivity contribution < 1.29 is 4.79 Å². The van der Waals surface area contributed by atoms with Crippen LogP contribution >= 0.6 is 0 Å². The maximum absolute atomic E-state index is 13.0. The highest BCUT2D eigenvalue weighted by Crippen LogP contribution is 2.19. The lowest BCUT2D eigenvalue weighted by Gasteiger charge is -2.26. The predicted molar refractivity (Wildman–Crippen MR) is 113 cm³/mol. The van der Waals surface area contributed by atoms with Gasteiger partial charge in [0.05, 0.1) is 5.56 Å². The minimum Gasteiger partial charge on any atom is -0.332 e. The van der Waals surface area contributed by atoms with Crippen LogP contribution in [0.3, 0.4) is 0 Å². The SMILES string of the molecule is CCc1ccccc1Nc1ncc(C(=O)N(Cc2ccccc2)C(C)C)cn1. The first-order valence-corrected chi connectivity index (χ1v) is 9.60. The second-order valence-electron chi connectivity index (χ2n) is 6.94. The van der Waals surface area contributed by atoms with Gasteiger partial charge in [-0.15, -0.1) is 0 Å². The number of para-hydroxylation sites is 1. The van der Waals surface area contributed by atoms with Gasteiger partial charge in [0.25, 0.3) is 5.91 Å². The monoisotopic (exact) mass is 374 g/mol. The number of carbonyl (C=O) groups is 1. The Balaban J connectivity index is 1.74. The maximum atomic E-state index is 13.0. The first kappa shape index (κ1) is 19.5. The number of nitrogens with one attached hydrogen (secondary N) is 1. The predicted octanol–water partition coefficient (Wildman–Crippen LogP) is 4.83. The zero-order chi connectivity index (χ0) is 19.9. The van der Waals surface area contributed by atoms with Gasteiger partial charge in [0.2, 0.25) is 5.95 Å². The van der Waals surface area contributed by atoms with Crippen LogP contribution in [0, 0.1) is 0 Å². The van der Waals surface area contributed by atoms with Crippen LogP contribution in [0.4, 0.5) is 11.6 Å². The minimum absolute atomic E-state index is 0.0700. The largest absolute Gasteiger partial charge is 0.332 e. The Morgan fingerprint density at radius 2 is 1.64 bits per heavy atom. The van der Waals surface area contributed by atoms with Gasteiger partial charge >= 0.3 is 0 Å². The summed E-state index contributed by atoms with van der Waals surface area (Å²) in [6.45, 7) is 6.69. The molecule has 3 rings (SSSR count). The Bertz CT molecular complexity index is 907. The standard InChI is InChI=1S/C23H26N4O/c1-4-19-12-8-9-13-21(19)26-23-24-14-20(15-25-23)22(28)27(17(2)3)16-18-10-6-5-7-11-18/h5-15,17H,4,16H2,1-3H3,(H,24,25,26). The smallest absolute Gasteiger partial charge is 0.257 e. The number of amides is 1. The number of benzene rings is 2. The van der Waals surface area contributed by atoms with E-state index in [4.69, 9.17) is 0 Å². The van der Waals surface area contributed by atoms with E-state index in [0.717, 1.165) is 17.7 Å². The van der Waals surface area contributed by atoms with Crippen LogP contribution in [0.25, 0.3) is 0 Å². The second kappa shape index (κ2) is 9.13. The van der Waals surface area contributed by atoms with Crippen molar-refractivity contribution in [3.05, 3.63) is 83.7 Å². The van der Waals surface area contributed by atoms with E-state index in [9.17, 15) is 4.79 Å². The molecule has 0 unspecified atom stereocenters. The van der Waals surface area contributed by atoms with E-state index in [0.29, 0.717) is 18.1 Å². The average Bonchev–Trinajstić information content (AvgIpc) is 2.73. The Kier molecular flexibility index (Phi) is 6.37. The lowest BCUT2D eigenvalue weighted by Crippen LogP contribution is -2.36. The highest BCUT2D eigenvalue weighted by molar-refractivity contribution is 5.93. The molecule has 0 atom stereocenters. The molecule has 0 aliphatic rings. The lowest BCUT2D eigenvalue weighted by atomic mass is 10.1. The molecule has 1 amide bonds. The average molecular weight is 374 g/mol. The van der Waals surface area contributed by atoms with Crippen molar-refractivity contribution >= 4 is 17.5 Å². The molecule has 0 aliphatic carbocycles. The van der Waals surface area contributed by atoms with Gasteiger partial charge in [0, 0.05) is 30.7 Å². The molecule has 2 aromatic carbocycles. The second-order valence-corrected chi connectivity index (χ2v) is 6.94. The summed E-state index contributed by atoms with van der Waals surface area (Å²) in [6.07, 6.45) is 4.10. The van der Waals surface area contributed by atoms with Crippen molar-refractivity contribution in [3.63, 3.8) is 0 Å². The molecule has 0 radical (unpaired) electrons. The molecule has 5 heteroatoms. The molecule has 3 aromatic rings. The highest BCUT2D eigenvalue weighted by atomic mass is 16.2. The van der Waals surface area contributed by atoms with Gasteiger partial charge in [-0.25, -0.2) is 9.97 Å². The van der Waals surface area contributed by atoms with Crippen LogP contribution < -0.4 is 5.32 Å². The fourth-order valence-corrected chi connectivity index (χ4v) is 3.01. The number of hydrogen-bond donors (Lipinski definition) is 1. The quantitative estimate of drug-likeness (QED) is 0.643. The van der Waals surface area contributed by atoms with Gasteiger partial charge in [0.15, 0.2) is 0 Å². The van der Waals surface area contributed by atoms with Crippen molar-refractivity contribution in [2.45, 2.75) is 39.8 Å². The van der Waals surface area contributed by atoms with Crippen molar-refractivity contribution in [1.82, 2.24) is 14.9 Å². The van der Waals surface area contributed by atoms with Gasteiger partial charge in [-0.2, -0.15) is 0 Å². The summed E-state index contributed by atoms with van der Waals surface area (Å²) in [6, 6.07) is 18.1. The van der Waals surface area contributed by atoms with E-state index < -0.39 is 0 Å². The first-order valence-electron chi connectivity index (χ1n) is 9.60. The van der Waals surface area contributed by atoms with Crippen LogP contribution in [0.2, 0.25) is 0 Å². The van der Waals surface area contributed by atoms with E-state index in [2.05, 4.69) is 28.3 Å². The maximum Gasteiger partial charge on any atom is 0.257 e. The van der Waals surface area contributed by atoms with Crippen LogP contribution in [0.1, 0.15) is 42.3 Å².